The molecule has 0 radical (unpaired) electrons. The molecule has 3 aromatic carbocycles. The van der Waals surface area contributed by atoms with Gasteiger partial charge in [-0.15, -0.1) is 0 Å². The van der Waals surface area contributed by atoms with Crippen LogP contribution in [-0.2, 0) is 0 Å². The third-order valence-electron chi connectivity index (χ3n) is 4.32. The lowest BCUT2D eigenvalue weighted by Crippen LogP contribution is -2.12. The van der Waals surface area contributed by atoms with Gasteiger partial charge in [-0.2, -0.15) is 0 Å². The minimum atomic E-state index is -0.589. The number of esters is 1. The first-order chi connectivity index (χ1) is 14.1. The second kappa shape index (κ2) is 7.82. The third-order valence-corrected chi connectivity index (χ3v) is 4.32. The minimum Gasteiger partial charge on any atom is -0.423 e. The van der Waals surface area contributed by atoms with Gasteiger partial charge in [-0.25, -0.2) is 9.78 Å². The number of nitrogens with two attached hydrogens (primary N) is 1. The topological polar surface area (TPSA) is 98.1 Å². The Labute approximate surface area is 166 Å². The van der Waals surface area contributed by atoms with Crippen LogP contribution in [0.15, 0.2) is 77.6 Å². The van der Waals surface area contributed by atoms with Gasteiger partial charge in [0.1, 0.15) is 11.6 Å². The number of para-hydroxylation sites is 1. The molecule has 0 aliphatic heterocycles. The molecule has 1 heterocycles. The fourth-order valence-electron chi connectivity index (χ4n) is 2.86. The number of hydrogen-bond acceptors (Lipinski definition) is 5. The van der Waals surface area contributed by atoms with Crippen molar-refractivity contribution in [2.75, 3.05) is 5.73 Å². The number of benzene rings is 3. The smallest absolute Gasteiger partial charge is 0.345 e. The summed E-state index contributed by atoms with van der Waals surface area (Å²) in [6.45, 7) is 0. The molecule has 6 heteroatoms. The van der Waals surface area contributed by atoms with E-state index in [4.69, 9.17) is 10.5 Å². The number of fused-ring (bicyclic) bond motifs is 1. The van der Waals surface area contributed by atoms with Gasteiger partial charge in [0, 0.05) is 5.69 Å². The van der Waals surface area contributed by atoms with Crippen LogP contribution in [-0.4, -0.2) is 15.9 Å². The fraction of sp³-hybridized carbons (Fsp3) is 0. The van der Waals surface area contributed by atoms with Gasteiger partial charge in [-0.3, -0.25) is 4.79 Å². The summed E-state index contributed by atoms with van der Waals surface area (Å²) in [5.74, 6) is 0.0908. The summed E-state index contributed by atoms with van der Waals surface area (Å²) in [5, 5.41) is 0.327. The summed E-state index contributed by atoms with van der Waals surface area (Å²) in [6, 6.07) is 21.1. The normalized spacial score (nSPS) is 11.0. The number of rotatable bonds is 4. The van der Waals surface area contributed by atoms with Crippen LogP contribution in [0, 0.1) is 0 Å². The highest BCUT2D eigenvalue weighted by atomic mass is 16.5. The Kier molecular flexibility index (Phi) is 4.90. The Morgan fingerprint density at radius 1 is 0.966 bits per heavy atom. The van der Waals surface area contributed by atoms with E-state index in [1.807, 2.05) is 36.4 Å². The van der Waals surface area contributed by atoms with Crippen LogP contribution < -0.4 is 16.0 Å². The van der Waals surface area contributed by atoms with Crippen molar-refractivity contribution in [3.05, 3.63) is 100 Å². The van der Waals surface area contributed by atoms with E-state index >= 15 is 0 Å². The largest absolute Gasteiger partial charge is 0.423 e. The molecule has 29 heavy (non-hydrogen) atoms. The number of anilines is 1. The number of hydrogen-bond donors (Lipinski definition) is 2. The number of aromatic nitrogens is 2. The lowest BCUT2D eigenvalue weighted by molar-refractivity contribution is 0.0736. The Balaban J connectivity index is 1.61. The van der Waals surface area contributed by atoms with E-state index in [1.54, 1.807) is 42.5 Å². The number of ether oxygens (including phenoxy) is 1. The van der Waals surface area contributed by atoms with E-state index in [2.05, 4.69) is 9.97 Å². The van der Waals surface area contributed by atoms with E-state index < -0.39 is 5.97 Å². The number of H-pyrrole nitrogens is 1. The molecular weight excluding hydrogens is 366 g/mol. The predicted molar refractivity (Wildman–Crippen MR) is 114 cm³/mol. The summed E-state index contributed by atoms with van der Waals surface area (Å²) in [4.78, 5) is 32.0. The molecule has 0 saturated carbocycles. The lowest BCUT2D eigenvalue weighted by atomic mass is 10.2. The van der Waals surface area contributed by atoms with Gasteiger partial charge in [0.05, 0.1) is 16.5 Å². The predicted octanol–water partition coefficient (Wildman–Crippen LogP) is 3.89. The Morgan fingerprint density at radius 3 is 2.52 bits per heavy atom. The molecule has 0 fully saturated rings. The van der Waals surface area contributed by atoms with Gasteiger partial charge in [-0.1, -0.05) is 48.5 Å². The van der Waals surface area contributed by atoms with Crippen LogP contribution >= 0.6 is 0 Å². The number of carbonyl (C=O) groups excluding carboxylic acids is 1. The minimum absolute atomic E-state index is 0.241. The van der Waals surface area contributed by atoms with Gasteiger partial charge in [0.2, 0.25) is 0 Å². The average molecular weight is 383 g/mol. The molecule has 6 nitrogen and oxygen atoms in total. The number of nitrogens with one attached hydrogen (secondary N) is 1. The first-order valence-corrected chi connectivity index (χ1v) is 8.94. The molecule has 4 aromatic rings. The van der Waals surface area contributed by atoms with Crippen LogP contribution in [0.5, 0.6) is 5.75 Å². The Hall–Kier alpha value is -4.19. The third kappa shape index (κ3) is 4.06. The zero-order chi connectivity index (χ0) is 20.2. The standard InChI is InChI=1S/C23H17N3O3/c24-19-9-5-4-8-17(19)23(28)29-16-11-12-20-18(14-16)22(27)26-21(25-20)13-10-15-6-2-1-3-7-15/h1-14H,24H2,(H,25,26,27)/b13-10+. The van der Waals surface area contributed by atoms with Gasteiger partial charge < -0.3 is 15.5 Å². The summed E-state index contributed by atoms with van der Waals surface area (Å²) in [5.41, 5.74) is 7.57. The molecule has 0 spiro atoms. The van der Waals surface area contributed by atoms with Crippen molar-refractivity contribution in [3.8, 4) is 5.75 Å². The zero-order valence-electron chi connectivity index (χ0n) is 15.3. The lowest BCUT2D eigenvalue weighted by Gasteiger charge is -2.07. The van der Waals surface area contributed by atoms with Crippen molar-refractivity contribution >= 4 is 34.7 Å². The number of carbonyl (C=O) groups is 1. The number of aromatic amines is 1. The van der Waals surface area contributed by atoms with Crippen LogP contribution in [0.25, 0.3) is 23.1 Å². The van der Waals surface area contributed by atoms with Crippen molar-refractivity contribution in [2.45, 2.75) is 0 Å². The van der Waals surface area contributed by atoms with E-state index in [9.17, 15) is 9.59 Å². The summed E-state index contributed by atoms with van der Waals surface area (Å²) in [6.07, 6.45) is 3.60. The van der Waals surface area contributed by atoms with Crippen molar-refractivity contribution < 1.29 is 9.53 Å². The Morgan fingerprint density at radius 2 is 1.72 bits per heavy atom. The second-order valence-electron chi connectivity index (χ2n) is 6.35. The van der Waals surface area contributed by atoms with Crippen LogP contribution in [0.4, 0.5) is 5.69 Å². The fourth-order valence-corrected chi connectivity index (χ4v) is 2.86. The molecule has 0 atom stereocenters. The Bertz CT molecular complexity index is 1280. The van der Waals surface area contributed by atoms with Gasteiger partial charge >= 0.3 is 5.97 Å². The average Bonchev–Trinajstić information content (AvgIpc) is 2.74. The summed E-state index contributed by atoms with van der Waals surface area (Å²) < 4.78 is 5.37. The molecule has 142 valence electrons. The van der Waals surface area contributed by atoms with Crippen LogP contribution in [0.3, 0.4) is 0 Å². The molecule has 0 amide bonds. The highest BCUT2D eigenvalue weighted by Gasteiger charge is 2.13. The van der Waals surface area contributed by atoms with Crippen molar-refractivity contribution in [2.24, 2.45) is 0 Å². The molecule has 3 N–H and O–H groups in total. The maximum Gasteiger partial charge on any atom is 0.345 e. The first-order valence-electron chi connectivity index (χ1n) is 8.94. The van der Waals surface area contributed by atoms with E-state index in [0.29, 0.717) is 22.4 Å². The molecule has 0 unspecified atom stereocenters. The summed E-state index contributed by atoms with van der Waals surface area (Å²) >= 11 is 0. The van der Waals surface area contributed by atoms with Gasteiger partial charge in [0.15, 0.2) is 0 Å². The first kappa shape index (κ1) is 18.2. The van der Waals surface area contributed by atoms with Crippen LogP contribution in [0.1, 0.15) is 21.7 Å². The van der Waals surface area contributed by atoms with Gasteiger partial charge in [-0.05, 0) is 42.0 Å². The molecule has 0 bridgehead atoms. The SMILES string of the molecule is Nc1ccccc1C(=O)Oc1ccc2nc(/C=C/c3ccccc3)[nH]c(=O)c2c1. The van der Waals surface area contributed by atoms with E-state index in [-0.39, 0.29) is 16.9 Å². The van der Waals surface area contributed by atoms with Crippen LogP contribution in [0.2, 0.25) is 0 Å². The summed E-state index contributed by atoms with van der Waals surface area (Å²) in [7, 11) is 0. The zero-order valence-corrected chi connectivity index (χ0v) is 15.3. The number of nitrogens with zero attached hydrogens (tertiary/aromatic N) is 1. The highest BCUT2D eigenvalue weighted by molar-refractivity contribution is 5.96. The highest BCUT2D eigenvalue weighted by Crippen LogP contribution is 2.20. The molecule has 4 rings (SSSR count). The monoisotopic (exact) mass is 383 g/mol. The second-order valence-corrected chi connectivity index (χ2v) is 6.35. The van der Waals surface area contributed by atoms with Gasteiger partial charge in [0.25, 0.3) is 5.56 Å². The molecule has 1 aromatic heterocycles. The van der Waals surface area contributed by atoms with E-state index in [0.717, 1.165) is 5.56 Å². The molecule has 0 aliphatic rings. The van der Waals surface area contributed by atoms with Crippen molar-refractivity contribution in [1.82, 2.24) is 9.97 Å². The van der Waals surface area contributed by atoms with Crippen molar-refractivity contribution in [1.29, 1.82) is 0 Å². The molecule has 0 aliphatic carbocycles. The maximum absolute atomic E-state index is 12.5. The molecule has 0 saturated heterocycles. The quantitative estimate of drug-likeness (QED) is 0.316. The van der Waals surface area contributed by atoms with E-state index in [1.165, 1.54) is 6.07 Å². The van der Waals surface area contributed by atoms with Crippen molar-refractivity contribution in [3.63, 3.8) is 0 Å². The maximum atomic E-state index is 12.5. The number of nitrogen functional groups attached to an aromatic ring is 1. The molecular formula is C23H17N3O3.